The van der Waals surface area contributed by atoms with E-state index in [1.54, 1.807) is 4.57 Å². The highest BCUT2D eigenvalue weighted by Gasteiger charge is 2.22. The molecule has 1 aliphatic rings. The molecular weight excluding hydrogens is 252 g/mol. The van der Waals surface area contributed by atoms with Crippen molar-refractivity contribution in [3.05, 3.63) is 22.6 Å². The summed E-state index contributed by atoms with van der Waals surface area (Å²) in [6.45, 7) is 0. The second kappa shape index (κ2) is 4.96. The molecule has 2 heterocycles. The average Bonchev–Trinajstić information content (AvgIpc) is 2.71. The van der Waals surface area contributed by atoms with Crippen LogP contribution in [0.2, 0.25) is 0 Å². The average molecular weight is 274 g/mol. The van der Waals surface area contributed by atoms with Crippen LogP contribution in [0.1, 0.15) is 38.1 Å². The Morgan fingerprint density at radius 2 is 1.90 bits per heavy atom. The molecule has 0 bridgehead atoms. The van der Waals surface area contributed by atoms with E-state index in [9.17, 15) is 4.79 Å². The van der Waals surface area contributed by atoms with Crippen LogP contribution in [0.3, 0.4) is 0 Å². The van der Waals surface area contributed by atoms with Gasteiger partial charge in [0.1, 0.15) is 5.82 Å². The number of hydrogen-bond acceptors (Lipinski definition) is 3. The molecule has 0 atom stereocenters. The normalized spacial score (nSPS) is 16.8. The van der Waals surface area contributed by atoms with E-state index < -0.39 is 0 Å². The van der Waals surface area contributed by atoms with E-state index in [0.717, 1.165) is 29.8 Å². The predicted octanol–water partition coefficient (Wildman–Crippen LogP) is 2.31. The monoisotopic (exact) mass is 274 g/mol. The molecule has 3 rings (SSSR count). The summed E-state index contributed by atoms with van der Waals surface area (Å²) in [5, 5.41) is 0. The van der Waals surface area contributed by atoms with Crippen LogP contribution in [0, 0.1) is 0 Å². The van der Waals surface area contributed by atoms with Gasteiger partial charge in [0, 0.05) is 27.2 Å². The van der Waals surface area contributed by atoms with Gasteiger partial charge < -0.3 is 4.90 Å². The van der Waals surface area contributed by atoms with Crippen molar-refractivity contribution in [1.29, 1.82) is 0 Å². The van der Waals surface area contributed by atoms with Gasteiger partial charge in [0.2, 0.25) is 0 Å². The van der Waals surface area contributed by atoms with E-state index in [4.69, 9.17) is 4.98 Å². The number of aryl methyl sites for hydroxylation is 1. The summed E-state index contributed by atoms with van der Waals surface area (Å²) in [5.74, 6) is 0.896. The highest BCUT2D eigenvalue weighted by molar-refractivity contribution is 5.74. The first-order valence-electron chi connectivity index (χ1n) is 7.35. The molecule has 108 valence electrons. The third-order valence-corrected chi connectivity index (χ3v) is 4.32. The molecule has 0 spiro atoms. The third kappa shape index (κ3) is 2.01. The molecule has 1 saturated carbocycles. The molecule has 0 N–H and O–H groups in total. The maximum absolute atomic E-state index is 12.5. The fraction of sp³-hybridized carbons (Fsp3) is 0.600. The van der Waals surface area contributed by atoms with Gasteiger partial charge in [-0.25, -0.2) is 9.78 Å². The summed E-state index contributed by atoms with van der Waals surface area (Å²) < 4.78 is 3.64. The molecular formula is C15H22N4O. The molecule has 0 saturated heterocycles. The number of anilines is 1. The zero-order valence-electron chi connectivity index (χ0n) is 12.5. The molecule has 0 unspecified atom stereocenters. The Morgan fingerprint density at radius 3 is 2.55 bits per heavy atom. The van der Waals surface area contributed by atoms with Crippen LogP contribution in [0.15, 0.2) is 16.9 Å². The lowest BCUT2D eigenvalue weighted by atomic mass is 9.95. The molecule has 1 aliphatic carbocycles. The molecule has 5 heteroatoms. The lowest BCUT2D eigenvalue weighted by Gasteiger charge is -2.22. The Balaban J connectivity index is 2.20. The maximum Gasteiger partial charge on any atom is 0.330 e. The Hall–Kier alpha value is -1.78. The van der Waals surface area contributed by atoms with Gasteiger partial charge in [-0.1, -0.05) is 19.3 Å². The number of rotatable bonds is 2. The van der Waals surface area contributed by atoms with Crippen molar-refractivity contribution >= 4 is 17.0 Å². The maximum atomic E-state index is 12.5. The van der Waals surface area contributed by atoms with Crippen LogP contribution in [-0.2, 0) is 7.05 Å². The van der Waals surface area contributed by atoms with Crippen molar-refractivity contribution in [2.24, 2.45) is 7.05 Å². The summed E-state index contributed by atoms with van der Waals surface area (Å²) in [6, 6.07) is 4.27. The van der Waals surface area contributed by atoms with Crippen molar-refractivity contribution in [1.82, 2.24) is 14.1 Å². The quantitative estimate of drug-likeness (QED) is 0.844. The smallest absolute Gasteiger partial charge is 0.330 e. The second-order valence-corrected chi connectivity index (χ2v) is 5.91. The van der Waals surface area contributed by atoms with Gasteiger partial charge in [0.15, 0.2) is 5.65 Å². The highest BCUT2D eigenvalue weighted by Crippen LogP contribution is 2.29. The molecule has 20 heavy (non-hydrogen) atoms. The lowest BCUT2D eigenvalue weighted by Crippen LogP contribution is -2.27. The fourth-order valence-electron chi connectivity index (χ4n) is 3.14. The Morgan fingerprint density at radius 1 is 1.20 bits per heavy atom. The molecule has 0 amide bonds. The van der Waals surface area contributed by atoms with Gasteiger partial charge >= 0.3 is 5.69 Å². The lowest BCUT2D eigenvalue weighted by molar-refractivity contribution is 0.350. The first-order chi connectivity index (χ1) is 9.59. The van der Waals surface area contributed by atoms with E-state index in [1.165, 1.54) is 19.3 Å². The number of imidazole rings is 1. The van der Waals surface area contributed by atoms with Crippen molar-refractivity contribution < 1.29 is 0 Å². The zero-order chi connectivity index (χ0) is 14.3. The first-order valence-corrected chi connectivity index (χ1v) is 7.35. The van der Waals surface area contributed by atoms with E-state index >= 15 is 0 Å². The Labute approximate surface area is 118 Å². The summed E-state index contributed by atoms with van der Waals surface area (Å²) in [5.41, 5.74) is 1.82. The molecule has 2 aromatic rings. The third-order valence-electron chi connectivity index (χ3n) is 4.32. The number of nitrogens with zero attached hydrogens (tertiary/aromatic N) is 4. The Kier molecular flexibility index (Phi) is 3.28. The van der Waals surface area contributed by atoms with Gasteiger partial charge in [-0.2, -0.15) is 0 Å². The largest absolute Gasteiger partial charge is 0.363 e. The van der Waals surface area contributed by atoms with E-state index in [1.807, 2.05) is 42.7 Å². The number of aromatic nitrogens is 3. The fourth-order valence-corrected chi connectivity index (χ4v) is 3.14. The standard InChI is InChI=1S/C15H22N4O/c1-17(2)13-10-9-12-14(16-13)19(15(20)18(12)3)11-7-5-4-6-8-11/h9-11H,4-8H2,1-3H3. The second-order valence-electron chi connectivity index (χ2n) is 5.91. The van der Waals surface area contributed by atoms with Crippen molar-refractivity contribution in [2.45, 2.75) is 38.1 Å². The molecule has 5 nitrogen and oxygen atoms in total. The summed E-state index contributed by atoms with van der Waals surface area (Å²) in [4.78, 5) is 19.2. The number of fused-ring (bicyclic) bond motifs is 1. The molecule has 1 fully saturated rings. The predicted molar refractivity (Wildman–Crippen MR) is 81.4 cm³/mol. The van der Waals surface area contributed by atoms with Crippen LogP contribution < -0.4 is 10.6 Å². The van der Waals surface area contributed by atoms with Crippen LogP contribution in [-0.4, -0.2) is 28.2 Å². The summed E-state index contributed by atoms with van der Waals surface area (Å²) >= 11 is 0. The highest BCUT2D eigenvalue weighted by atomic mass is 16.1. The zero-order valence-corrected chi connectivity index (χ0v) is 12.5. The van der Waals surface area contributed by atoms with Crippen molar-refractivity contribution in [2.75, 3.05) is 19.0 Å². The van der Waals surface area contributed by atoms with Gasteiger partial charge in [-0.05, 0) is 25.0 Å². The van der Waals surface area contributed by atoms with Crippen LogP contribution in [0.5, 0.6) is 0 Å². The van der Waals surface area contributed by atoms with Gasteiger partial charge in [-0.15, -0.1) is 0 Å². The van der Waals surface area contributed by atoms with Crippen LogP contribution in [0.4, 0.5) is 5.82 Å². The molecule has 0 aromatic carbocycles. The number of pyridine rings is 1. The van der Waals surface area contributed by atoms with Gasteiger partial charge in [0.25, 0.3) is 0 Å². The van der Waals surface area contributed by atoms with Crippen molar-refractivity contribution in [3.8, 4) is 0 Å². The minimum absolute atomic E-state index is 0.0651. The minimum Gasteiger partial charge on any atom is -0.363 e. The van der Waals surface area contributed by atoms with Gasteiger partial charge in [0.05, 0.1) is 5.52 Å². The molecule has 0 aliphatic heterocycles. The van der Waals surface area contributed by atoms with Crippen molar-refractivity contribution in [3.63, 3.8) is 0 Å². The summed E-state index contributed by atoms with van der Waals surface area (Å²) in [7, 11) is 5.78. The SMILES string of the molecule is CN(C)c1ccc2c(n1)n(C1CCCCC1)c(=O)n2C. The minimum atomic E-state index is 0.0651. The number of hydrogen-bond donors (Lipinski definition) is 0. The topological polar surface area (TPSA) is 43.1 Å². The van der Waals surface area contributed by atoms with E-state index in [-0.39, 0.29) is 5.69 Å². The molecule has 0 radical (unpaired) electrons. The molecule has 2 aromatic heterocycles. The first kappa shape index (κ1) is 13.2. The Bertz CT molecular complexity index is 677. The van der Waals surface area contributed by atoms with Crippen LogP contribution in [0.25, 0.3) is 11.2 Å². The van der Waals surface area contributed by atoms with E-state index in [0.29, 0.717) is 6.04 Å². The van der Waals surface area contributed by atoms with Gasteiger partial charge in [-0.3, -0.25) is 9.13 Å². The van der Waals surface area contributed by atoms with Crippen LogP contribution >= 0.6 is 0 Å². The summed E-state index contributed by atoms with van der Waals surface area (Å²) in [6.07, 6.45) is 5.88. The van der Waals surface area contributed by atoms with E-state index in [2.05, 4.69) is 0 Å².